The molecular formula is C33H40FN5O3. The van der Waals surface area contributed by atoms with Crippen LogP contribution in [0.15, 0.2) is 66.7 Å². The lowest BCUT2D eigenvalue weighted by molar-refractivity contribution is -0.143. The Morgan fingerprint density at radius 1 is 0.952 bits per heavy atom. The first-order valence-corrected chi connectivity index (χ1v) is 14.9. The van der Waals surface area contributed by atoms with E-state index >= 15 is 0 Å². The van der Waals surface area contributed by atoms with Crippen LogP contribution in [0, 0.1) is 11.7 Å². The van der Waals surface area contributed by atoms with Crippen molar-refractivity contribution in [3.05, 3.63) is 83.7 Å². The van der Waals surface area contributed by atoms with E-state index in [1.165, 1.54) is 12.1 Å². The summed E-state index contributed by atoms with van der Waals surface area (Å²) in [5.74, 6) is -0.833. The van der Waals surface area contributed by atoms with Gasteiger partial charge in [0.05, 0.1) is 12.0 Å². The van der Waals surface area contributed by atoms with Gasteiger partial charge in [0.25, 0.3) is 0 Å². The molecule has 2 heterocycles. The van der Waals surface area contributed by atoms with Crippen LogP contribution in [-0.2, 0) is 27.2 Å². The third-order valence-electron chi connectivity index (χ3n) is 8.62. The molecule has 3 amide bonds. The monoisotopic (exact) mass is 573 g/mol. The summed E-state index contributed by atoms with van der Waals surface area (Å²) in [4.78, 5) is 44.1. The minimum absolute atomic E-state index is 0.0478. The summed E-state index contributed by atoms with van der Waals surface area (Å²) < 4.78 is 13.5. The lowest BCUT2D eigenvalue weighted by atomic mass is 9.97. The number of hydrogen-bond acceptors (Lipinski definition) is 5. The number of hydrogen-bond donors (Lipinski definition) is 3. The van der Waals surface area contributed by atoms with Gasteiger partial charge >= 0.3 is 0 Å². The van der Waals surface area contributed by atoms with Crippen molar-refractivity contribution in [1.29, 1.82) is 0 Å². The molecule has 0 aliphatic carbocycles. The van der Waals surface area contributed by atoms with E-state index in [9.17, 15) is 18.8 Å². The first kappa shape index (κ1) is 29.7. The fourth-order valence-electron chi connectivity index (χ4n) is 5.97. The number of carbonyl (C=O) groups is 3. The standard InChI is InChI=1S/C33H40FN5O3/c1-3-28-21-38(30(32(41)35-2)18-23-8-11-24-6-4-5-7-25(24)16-23)14-15-39(28)33(42)29(37-31(40)26-19-36-20-26)17-22-9-12-27(34)13-10-22/h4-13,16,26,28-30,36H,3,14-15,17-21H2,1-2H3,(H,35,41)(H,37,40). The maximum atomic E-state index is 14.0. The van der Waals surface area contributed by atoms with Crippen LogP contribution in [0.4, 0.5) is 4.39 Å². The van der Waals surface area contributed by atoms with E-state index in [0.29, 0.717) is 45.6 Å². The second-order valence-corrected chi connectivity index (χ2v) is 11.4. The number of benzene rings is 3. The van der Waals surface area contributed by atoms with Gasteiger partial charge in [-0.25, -0.2) is 4.39 Å². The van der Waals surface area contributed by atoms with Gasteiger partial charge in [0.1, 0.15) is 11.9 Å². The highest BCUT2D eigenvalue weighted by molar-refractivity contribution is 5.90. The van der Waals surface area contributed by atoms with Crippen LogP contribution < -0.4 is 16.0 Å². The van der Waals surface area contributed by atoms with Crippen LogP contribution in [0.3, 0.4) is 0 Å². The molecule has 0 bridgehead atoms. The zero-order chi connectivity index (χ0) is 29.6. The Kier molecular flexibility index (Phi) is 9.49. The van der Waals surface area contributed by atoms with Crippen molar-refractivity contribution in [2.45, 2.75) is 44.3 Å². The summed E-state index contributed by atoms with van der Waals surface area (Å²) in [6.07, 6.45) is 1.56. The van der Waals surface area contributed by atoms with E-state index in [2.05, 4.69) is 51.2 Å². The van der Waals surface area contributed by atoms with E-state index < -0.39 is 6.04 Å². The number of likely N-dealkylation sites (N-methyl/N-ethyl adjacent to an activating group) is 1. The number of halogens is 1. The van der Waals surface area contributed by atoms with Gasteiger partial charge in [-0.1, -0.05) is 61.5 Å². The average molecular weight is 574 g/mol. The Balaban J connectivity index is 1.32. The largest absolute Gasteiger partial charge is 0.358 e. The molecular weight excluding hydrogens is 533 g/mol. The summed E-state index contributed by atoms with van der Waals surface area (Å²) in [7, 11) is 1.66. The maximum absolute atomic E-state index is 14.0. The summed E-state index contributed by atoms with van der Waals surface area (Å²) in [5, 5.41) is 11.2. The Labute approximate surface area is 246 Å². The molecule has 3 N–H and O–H groups in total. The molecule has 0 radical (unpaired) electrons. The van der Waals surface area contributed by atoms with Crippen molar-refractivity contribution < 1.29 is 18.8 Å². The van der Waals surface area contributed by atoms with Crippen LogP contribution in [0.5, 0.6) is 0 Å². The van der Waals surface area contributed by atoms with Crippen molar-refractivity contribution in [2.75, 3.05) is 39.8 Å². The third-order valence-corrected chi connectivity index (χ3v) is 8.62. The van der Waals surface area contributed by atoms with Gasteiger partial charge in [0, 0.05) is 52.2 Å². The molecule has 0 spiro atoms. The predicted octanol–water partition coefficient (Wildman–Crippen LogP) is 2.51. The Morgan fingerprint density at radius 2 is 1.67 bits per heavy atom. The lowest BCUT2D eigenvalue weighted by Gasteiger charge is -2.45. The van der Waals surface area contributed by atoms with E-state index in [0.717, 1.165) is 21.9 Å². The summed E-state index contributed by atoms with van der Waals surface area (Å²) >= 11 is 0. The topological polar surface area (TPSA) is 93.8 Å². The van der Waals surface area contributed by atoms with E-state index in [1.54, 1.807) is 19.2 Å². The molecule has 222 valence electrons. The lowest BCUT2D eigenvalue weighted by Crippen LogP contribution is -2.63. The Bertz CT molecular complexity index is 1410. The fourth-order valence-corrected chi connectivity index (χ4v) is 5.97. The molecule has 9 heteroatoms. The highest BCUT2D eigenvalue weighted by atomic mass is 19.1. The molecule has 8 nitrogen and oxygen atoms in total. The maximum Gasteiger partial charge on any atom is 0.245 e. The van der Waals surface area contributed by atoms with Crippen LogP contribution in [0.25, 0.3) is 10.8 Å². The first-order chi connectivity index (χ1) is 20.4. The second kappa shape index (κ2) is 13.4. The van der Waals surface area contributed by atoms with Gasteiger partial charge < -0.3 is 20.9 Å². The van der Waals surface area contributed by atoms with Crippen molar-refractivity contribution >= 4 is 28.5 Å². The molecule has 3 atom stereocenters. The van der Waals surface area contributed by atoms with Gasteiger partial charge in [-0.15, -0.1) is 0 Å². The van der Waals surface area contributed by atoms with Gasteiger partial charge in [0.2, 0.25) is 17.7 Å². The number of carbonyl (C=O) groups excluding carboxylic acids is 3. The predicted molar refractivity (Wildman–Crippen MR) is 161 cm³/mol. The molecule has 3 aromatic carbocycles. The van der Waals surface area contributed by atoms with Crippen LogP contribution in [0.2, 0.25) is 0 Å². The number of nitrogens with zero attached hydrogens (tertiary/aromatic N) is 2. The summed E-state index contributed by atoms with van der Waals surface area (Å²) in [5.41, 5.74) is 1.87. The van der Waals surface area contributed by atoms with E-state index in [4.69, 9.17) is 0 Å². The molecule has 2 saturated heterocycles. The van der Waals surface area contributed by atoms with Crippen molar-refractivity contribution in [1.82, 2.24) is 25.8 Å². The molecule has 0 saturated carbocycles. The molecule has 42 heavy (non-hydrogen) atoms. The van der Waals surface area contributed by atoms with E-state index in [-0.39, 0.29) is 48.0 Å². The van der Waals surface area contributed by atoms with Crippen molar-refractivity contribution in [3.63, 3.8) is 0 Å². The minimum Gasteiger partial charge on any atom is -0.358 e. The van der Waals surface area contributed by atoms with Crippen molar-refractivity contribution in [2.24, 2.45) is 5.92 Å². The number of amides is 3. The molecule has 0 aromatic heterocycles. The number of piperazine rings is 1. The Hall–Kier alpha value is -3.82. The Morgan fingerprint density at radius 3 is 2.33 bits per heavy atom. The van der Waals surface area contributed by atoms with Gasteiger partial charge in [-0.3, -0.25) is 19.3 Å². The molecule has 3 unspecified atom stereocenters. The average Bonchev–Trinajstić information content (AvgIpc) is 2.98. The molecule has 2 fully saturated rings. The fraction of sp³-hybridized carbons (Fsp3) is 0.424. The van der Waals surface area contributed by atoms with Crippen LogP contribution in [-0.4, -0.2) is 85.4 Å². The van der Waals surface area contributed by atoms with E-state index in [1.807, 2.05) is 24.0 Å². The smallest absolute Gasteiger partial charge is 0.245 e. The highest BCUT2D eigenvalue weighted by Crippen LogP contribution is 2.22. The number of nitrogens with one attached hydrogen (secondary N) is 3. The number of fused-ring (bicyclic) bond motifs is 1. The van der Waals surface area contributed by atoms with Crippen LogP contribution >= 0.6 is 0 Å². The molecule has 5 rings (SSSR count). The first-order valence-electron chi connectivity index (χ1n) is 14.9. The SMILES string of the molecule is CCC1CN(C(Cc2ccc3ccccc3c2)C(=O)NC)CCN1C(=O)C(Cc1ccc(F)cc1)NC(=O)C1CNC1. The van der Waals surface area contributed by atoms with Gasteiger partial charge in [-0.05, 0) is 46.9 Å². The molecule has 2 aliphatic heterocycles. The highest BCUT2D eigenvalue weighted by Gasteiger charge is 2.38. The third kappa shape index (κ3) is 6.79. The quantitative estimate of drug-likeness (QED) is 0.347. The minimum atomic E-state index is -0.753. The molecule has 2 aliphatic rings. The summed E-state index contributed by atoms with van der Waals surface area (Å²) in [6, 6.07) is 19.3. The van der Waals surface area contributed by atoms with Gasteiger partial charge in [0.15, 0.2) is 0 Å². The normalized spacial score (nSPS) is 19.1. The van der Waals surface area contributed by atoms with Gasteiger partial charge in [-0.2, -0.15) is 0 Å². The number of rotatable bonds is 10. The zero-order valence-corrected chi connectivity index (χ0v) is 24.3. The summed E-state index contributed by atoms with van der Waals surface area (Å²) in [6.45, 7) is 4.77. The van der Waals surface area contributed by atoms with Crippen LogP contribution in [0.1, 0.15) is 24.5 Å². The van der Waals surface area contributed by atoms with Crippen molar-refractivity contribution in [3.8, 4) is 0 Å². The molecule has 3 aromatic rings. The second-order valence-electron chi connectivity index (χ2n) is 11.4. The zero-order valence-electron chi connectivity index (χ0n) is 24.3.